The first-order valence-electron chi connectivity index (χ1n) is 6.08. The number of hydrogen-bond donors (Lipinski definition) is 1. The van der Waals surface area contributed by atoms with Gasteiger partial charge in [-0.1, -0.05) is 29.8 Å². The number of carbonyl (C=O) groups excluding carboxylic acids is 1. The van der Waals surface area contributed by atoms with Crippen molar-refractivity contribution >= 4 is 23.2 Å². The molecule has 5 heteroatoms. The van der Waals surface area contributed by atoms with Crippen molar-refractivity contribution in [2.75, 3.05) is 11.9 Å². The maximum atomic E-state index is 12.8. The smallest absolute Gasteiger partial charge is 0.227 e. The molecule has 2 rings (SSSR count). The monoisotopic (exact) mass is 293 g/mol. The summed E-state index contributed by atoms with van der Waals surface area (Å²) in [5.74, 6) is -0.223. The Morgan fingerprint density at radius 2 is 1.95 bits per heavy atom. The van der Waals surface area contributed by atoms with E-state index in [9.17, 15) is 9.18 Å². The van der Waals surface area contributed by atoms with Gasteiger partial charge in [-0.05, 0) is 30.3 Å². The van der Waals surface area contributed by atoms with Crippen LogP contribution in [0.2, 0.25) is 5.02 Å². The van der Waals surface area contributed by atoms with Gasteiger partial charge in [-0.3, -0.25) is 4.79 Å². The topological polar surface area (TPSA) is 38.3 Å². The van der Waals surface area contributed by atoms with E-state index < -0.39 is 5.82 Å². The molecule has 0 atom stereocenters. The highest BCUT2D eigenvalue weighted by Gasteiger charge is 2.05. The van der Waals surface area contributed by atoms with E-state index in [4.69, 9.17) is 16.3 Å². The number of halogens is 2. The molecule has 2 aromatic rings. The van der Waals surface area contributed by atoms with Gasteiger partial charge in [0.25, 0.3) is 0 Å². The first-order valence-corrected chi connectivity index (χ1v) is 6.46. The number of para-hydroxylation sites is 1. The van der Waals surface area contributed by atoms with Crippen molar-refractivity contribution in [3.63, 3.8) is 0 Å². The summed E-state index contributed by atoms with van der Waals surface area (Å²) >= 11 is 5.81. The largest absolute Gasteiger partial charge is 0.491 e. The predicted octanol–water partition coefficient (Wildman–Crippen LogP) is 3.89. The minimum absolute atomic E-state index is 0.158. The summed E-state index contributed by atoms with van der Waals surface area (Å²) in [7, 11) is 0. The van der Waals surface area contributed by atoms with Crippen molar-refractivity contribution in [3.8, 4) is 5.75 Å². The molecule has 0 aliphatic heterocycles. The molecule has 3 nitrogen and oxygen atoms in total. The van der Waals surface area contributed by atoms with E-state index in [2.05, 4.69) is 5.32 Å². The van der Waals surface area contributed by atoms with Gasteiger partial charge in [0.05, 0.1) is 18.1 Å². The Bertz CT molecular complexity index is 590. The fourth-order valence-electron chi connectivity index (χ4n) is 1.59. The molecule has 0 spiro atoms. The molecule has 0 saturated carbocycles. The number of ether oxygens (including phenoxy) is 1. The normalized spacial score (nSPS) is 10.1. The fraction of sp³-hybridized carbons (Fsp3) is 0.133. The van der Waals surface area contributed by atoms with Gasteiger partial charge in [0.2, 0.25) is 5.91 Å². The van der Waals surface area contributed by atoms with Crippen molar-refractivity contribution in [1.29, 1.82) is 0 Å². The Morgan fingerprint density at radius 1 is 1.20 bits per heavy atom. The van der Waals surface area contributed by atoms with Gasteiger partial charge >= 0.3 is 0 Å². The van der Waals surface area contributed by atoms with E-state index in [1.54, 1.807) is 12.1 Å². The van der Waals surface area contributed by atoms with Crippen LogP contribution >= 0.6 is 11.6 Å². The van der Waals surface area contributed by atoms with E-state index in [-0.39, 0.29) is 24.0 Å². The molecule has 104 valence electrons. The summed E-state index contributed by atoms with van der Waals surface area (Å²) in [4.78, 5) is 11.7. The molecule has 2 aromatic carbocycles. The first kappa shape index (κ1) is 14.3. The van der Waals surface area contributed by atoms with Gasteiger partial charge in [-0.25, -0.2) is 4.39 Å². The summed E-state index contributed by atoms with van der Waals surface area (Å²) < 4.78 is 18.2. The van der Waals surface area contributed by atoms with Crippen LogP contribution in [0.4, 0.5) is 10.1 Å². The average molecular weight is 294 g/mol. The van der Waals surface area contributed by atoms with E-state index in [0.29, 0.717) is 5.75 Å². The lowest BCUT2D eigenvalue weighted by Crippen LogP contribution is -2.15. The summed E-state index contributed by atoms with van der Waals surface area (Å²) in [6.07, 6.45) is 0.183. The second-order valence-electron chi connectivity index (χ2n) is 4.09. The highest BCUT2D eigenvalue weighted by molar-refractivity contribution is 6.32. The molecule has 0 saturated heterocycles. The quantitative estimate of drug-likeness (QED) is 0.908. The van der Waals surface area contributed by atoms with Crippen LogP contribution in [0, 0.1) is 5.82 Å². The minimum Gasteiger partial charge on any atom is -0.491 e. The number of nitrogens with one attached hydrogen (secondary N) is 1. The lowest BCUT2D eigenvalue weighted by Gasteiger charge is -2.08. The molecule has 0 fully saturated rings. The lowest BCUT2D eigenvalue weighted by atomic mass is 10.3. The molecule has 0 aromatic heterocycles. The van der Waals surface area contributed by atoms with Crippen LogP contribution in [0.5, 0.6) is 5.75 Å². The number of benzene rings is 2. The molecule has 0 bridgehead atoms. The number of amides is 1. The van der Waals surface area contributed by atoms with Gasteiger partial charge in [-0.15, -0.1) is 0 Å². The Morgan fingerprint density at radius 3 is 2.65 bits per heavy atom. The Labute approximate surface area is 121 Å². The minimum atomic E-state index is -0.427. The molecule has 0 heterocycles. The summed E-state index contributed by atoms with van der Waals surface area (Å²) in [5.41, 5.74) is 0.734. The molecule has 0 aliphatic rings. The number of anilines is 1. The van der Waals surface area contributed by atoms with Crippen molar-refractivity contribution in [1.82, 2.24) is 0 Å². The summed E-state index contributed by atoms with van der Waals surface area (Å²) in [6.45, 7) is 0.171. The van der Waals surface area contributed by atoms with E-state index in [0.717, 1.165) is 5.69 Å². The molecule has 1 N–H and O–H groups in total. The van der Waals surface area contributed by atoms with Crippen molar-refractivity contribution in [2.24, 2.45) is 0 Å². The standard InChI is InChI=1S/C15H13ClFNO2/c16-13-10-11(17)6-7-14(13)20-9-8-15(19)18-12-4-2-1-3-5-12/h1-7,10H,8-9H2,(H,18,19). The molecule has 1 amide bonds. The van der Waals surface area contributed by atoms with Crippen LogP contribution in [0.1, 0.15) is 6.42 Å². The van der Waals surface area contributed by atoms with Gasteiger partial charge in [-0.2, -0.15) is 0 Å². The zero-order valence-electron chi connectivity index (χ0n) is 10.6. The van der Waals surface area contributed by atoms with Crippen molar-refractivity contribution in [3.05, 3.63) is 59.4 Å². The molecule has 0 unspecified atom stereocenters. The Balaban J connectivity index is 1.79. The van der Waals surface area contributed by atoms with E-state index >= 15 is 0 Å². The second-order valence-corrected chi connectivity index (χ2v) is 4.49. The molecular formula is C15H13ClFNO2. The van der Waals surface area contributed by atoms with Crippen LogP contribution < -0.4 is 10.1 Å². The Kier molecular flexibility index (Phi) is 4.96. The van der Waals surface area contributed by atoms with Crippen molar-refractivity contribution < 1.29 is 13.9 Å². The fourth-order valence-corrected chi connectivity index (χ4v) is 1.81. The highest BCUT2D eigenvalue weighted by Crippen LogP contribution is 2.24. The van der Waals surface area contributed by atoms with Crippen LogP contribution in [0.25, 0.3) is 0 Å². The Hall–Kier alpha value is -2.07. The molecule has 0 radical (unpaired) electrons. The highest BCUT2D eigenvalue weighted by atomic mass is 35.5. The second kappa shape index (κ2) is 6.91. The lowest BCUT2D eigenvalue weighted by molar-refractivity contribution is -0.116. The summed E-state index contributed by atoms with van der Waals surface area (Å²) in [5, 5.41) is 2.93. The van der Waals surface area contributed by atoms with Crippen LogP contribution in [-0.2, 0) is 4.79 Å². The van der Waals surface area contributed by atoms with Gasteiger partial charge in [0, 0.05) is 5.69 Å². The number of hydrogen-bond acceptors (Lipinski definition) is 2. The third-order valence-corrected chi connectivity index (χ3v) is 2.83. The maximum Gasteiger partial charge on any atom is 0.227 e. The SMILES string of the molecule is O=C(CCOc1ccc(F)cc1Cl)Nc1ccccc1. The van der Waals surface area contributed by atoms with Crippen molar-refractivity contribution in [2.45, 2.75) is 6.42 Å². The van der Waals surface area contributed by atoms with Gasteiger partial charge in [0.15, 0.2) is 0 Å². The number of carbonyl (C=O) groups is 1. The van der Waals surface area contributed by atoms with Crippen LogP contribution in [0.15, 0.2) is 48.5 Å². The zero-order chi connectivity index (χ0) is 14.4. The molecule has 0 aliphatic carbocycles. The predicted molar refractivity (Wildman–Crippen MR) is 76.6 cm³/mol. The molecule has 20 heavy (non-hydrogen) atoms. The number of rotatable bonds is 5. The third kappa shape index (κ3) is 4.24. The van der Waals surface area contributed by atoms with Gasteiger partial charge in [0.1, 0.15) is 11.6 Å². The molecular weight excluding hydrogens is 281 g/mol. The maximum absolute atomic E-state index is 12.8. The van der Waals surface area contributed by atoms with E-state index in [1.165, 1.54) is 18.2 Å². The van der Waals surface area contributed by atoms with E-state index in [1.807, 2.05) is 18.2 Å². The van der Waals surface area contributed by atoms with Crippen LogP contribution in [-0.4, -0.2) is 12.5 Å². The third-order valence-electron chi connectivity index (χ3n) is 2.54. The average Bonchev–Trinajstić information content (AvgIpc) is 2.42. The van der Waals surface area contributed by atoms with Gasteiger partial charge < -0.3 is 10.1 Å². The summed E-state index contributed by atoms with van der Waals surface area (Å²) in [6, 6.07) is 13.0. The zero-order valence-corrected chi connectivity index (χ0v) is 11.4. The first-order chi connectivity index (χ1) is 9.65. The van der Waals surface area contributed by atoms with Crippen LogP contribution in [0.3, 0.4) is 0 Å².